The van der Waals surface area contributed by atoms with Crippen molar-refractivity contribution >= 4 is 33.4 Å². The summed E-state index contributed by atoms with van der Waals surface area (Å²) < 4.78 is 1.02. The number of benzene rings is 1. The van der Waals surface area contributed by atoms with Gasteiger partial charge in [-0.05, 0) is 12.1 Å². The van der Waals surface area contributed by atoms with E-state index < -0.39 is 0 Å². The Morgan fingerprint density at radius 1 is 1.08 bits per heavy atom. The number of aromatic nitrogens is 3. The SMILES string of the molecule is CC(=O)NCCNC(=O)c1nccnc1-c1nc2ccccc2s1. The fourth-order valence-electron chi connectivity index (χ4n) is 2.13. The summed E-state index contributed by atoms with van der Waals surface area (Å²) in [5, 5.41) is 5.98. The summed E-state index contributed by atoms with van der Waals surface area (Å²) in [6.07, 6.45) is 3.01. The first-order valence-corrected chi connectivity index (χ1v) is 8.16. The van der Waals surface area contributed by atoms with Gasteiger partial charge in [-0.3, -0.25) is 9.59 Å². The summed E-state index contributed by atoms with van der Waals surface area (Å²) in [5.74, 6) is -0.485. The van der Waals surface area contributed by atoms with E-state index in [1.165, 1.54) is 30.7 Å². The van der Waals surface area contributed by atoms with Crippen LogP contribution in [0.15, 0.2) is 36.7 Å². The number of amides is 2. The summed E-state index contributed by atoms with van der Waals surface area (Å²) in [6.45, 7) is 2.10. The monoisotopic (exact) mass is 341 g/mol. The maximum atomic E-state index is 12.3. The van der Waals surface area contributed by atoms with Crippen LogP contribution in [-0.2, 0) is 4.79 Å². The number of carbonyl (C=O) groups is 2. The van der Waals surface area contributed by atoms with Gasteiger partial charge in [0.25, 0.3) is 5.91 Å². The molecule has 0 radical (unpaired) electrons. The van der Waals surface area contributed by atoms with Crippen molar-refractivity contribution in [3.63, 3.8) is 0 Å². The molecule has 0 unspecified atom stereocenters. The predicted molar refractivity (Wildman–Crippen MR) is 91.7 cm³/mol. The van der Waals surface area contributed by atoms with Crippen molar-refractivity contribution in [2.24, 2.45) is 0 Å². The van der Waals surface area contributed by atoms with Crippen LogP contribution in [0.25, 0.3) is 20.9 Å². The van der Waals surface area contributed by atoms with Gasteiger partial charge >= 0.3 is 0 Å². The van der Waals surface area contributed by atoms with Crippen molar-refractivity contribution in [2.45, 2.75) is 6.92 Å². The zero-order valence-electron chi connectivity index (χ0n) is 12.9. The van der Waals surface area contributed by atoms with Gasteiger partial charge in [0.2, 0.25) is 5.91 Å². The molecule has 2 heterocycles. The second-order valence-electron chi connectivity index (χ2n) is 4.98. The number of hydrogen-bond donors (Lipinski definition) is 2. The molecule has 0 aliphatic carbocycles. The molecule has 0 bridgehead atoms. The van der Waals surface area contributed by atoms with E-state index in [2.05, 4.69) is 25.6 Å². The molecule has 122 valence electrons. The van der Waals surface area contributed by atoms with Crippen molar-refractivity contribution in [2.75, 3.05) is 13.1 Å². The lowest BCUT2D eigenvalue weighted by molar-refractivity contribution is -0.118. The number of hydrogen-bond acceptors (Lipinski definition) is 6. The molecule has 3 rings (SSSR count). The number of thiazole rings is 1. The number of nitrogens with zero attached hydrogens (tertiary/aromatic N) is 3. The van der Waals surface area contributed by atoms with Crippen LogP contribution in [0.2, 0.25) is 0 Å². The van der Waals surface area contributed by atoms with Crippen LogP contribution in [-0.4, -0.2) is 39.9 Å². The van der Waals surface area contributed by atoms with Crippen molar-refractivity contribution in [1.29, 1.82) is 0 Å². The third-order valence-corrected chi connectivity index (χ3v) is 4.24. The molecular formula is C16H15N5O2S. The number of carbonyl (C=O) groups excluding carboxylic acids is 2. The van der Waals surface area contributed by atoms with Gasteiger partial charge in [-0.1, -0.05) is 12.1 Å². The highest BCUT2D eigenvalue weighted by Crippen LogP contribution is 2.29. The average Bonchev–Trinajstić information content (AvgIpc) is 3.02. The van der Waals surface area contributed by atoms with Crippen molar-refractivity contribution in [3.8, 4) is 10.7 Å². The van der Waals surface area contributed by atoms with Crippen LogP contribution in [0.4, 0.5) is 0 Å². The first-order valence-electron chi connectivity index (χ1n) is 7.35. The molecule has 0 atom stereocenters. The van der Waals surface area contributed by atoms with E-state index in [1.54, 1.807) is 0 Å². The third kappa shape index (κ3) is 3.54. The first kappa shape index (κ1) is 16.0. The van der Waals surface area contributed by atoms with E-state index in [9.17, 15) is 9.59 Å². The highest BCUT2D eigenvalue weighted by Gasteiger charge is 2.18. The number of nitrogens with one attached hydrogen (secondary N) is 2. The lowest BCUT2D eigenvalue weighted by Gasteiger charge is -2.07. The number of para-hydroxylation sites is 1. The summed E-state index contributed by atoms with van der Waals surface area (Å²) in [7, 11) is 0. The summed E-state index contributed by atoms with van der Waals surface area (Å²) in [6, 6.07) is 7.74. The molecule has 7 nitrogen and oxygen atoms in total. The molecule has 0 spiro atoms. The van der Waals surface area contributed by atoms with E-state index in [4.69, 9.17) is 0 Å². The number of fused-ring (bicyclic) bond motifs is 1. The van der Waals surface area contributed by atoms with Crippen LogP contribution >= 0.6 is 11.3 Å². The molecule has 1 aromatic carbocycles. The molecule has 0 saturated carbocycles. The second-order valence-corrected chi connectivity index (χ2v) is 6.01. The topological polar surface area (TPSA) is 96.9 Å². The Morgan fingerprint density at radius 3 is 2.62 bits per heavy atom. The zero-order valence-corrected chi connectivity index (χ0v) is 13.8. The Hall–Kier alpha value is -2.87. The standard InChI is InChI=1S/C16H15N5O2S/c1-10(22)17-6-9-20-15(23)13-14(19-8-7-18-13)16-21-11-4-2-3-5-12(11)24-16/h2-5,7-8H,6,9H2,1H3,(H,17,22)(H,20,23). The van der Waals surface area contributed by atoms with Crippen LogP contribution in [0.3, 0.4) is 0 Å². The van der Waals surface area contributed by atoms with Crippen LogP contribution < -0.4 is 10.6 Å². The number of rotatable bonds is 5. The highest BCUT2D eigenvalue weighted by atomic mass is 32.1. The van der Waals surface area contributed by atoms with E-state index >= 15 is 0 Å². The van der Waals surface area contributed by atoms with Gasteiger partial charge in [-0.15, -0.1) is 11.3 Å². The Morgan fingerprint density at radius 2 is 1.83 bits per heavy atom. The molecule has 0 aliphatic heterocycles. The van der Waals surface area contributed by atoms with E-state index in [0.29, 0.717) is 23.8 Å². The minimum absolute atomic E-state index is 0.140. The van der Waals surface area contributed by atoms with Crippen molar-refractivity contribution in [3.05, 3.63) is 42.4 Å². The largest absolute Gasteiger partial charge is 0.355 e. The minimum Gasteiger partial charge on any atom is -0.355 e. The quantitative estimate of drug-likeness (QED) is 0.687. The molecule has 0 saturated heterocycles. The van der Waals surface area contributed by atoms with Crippen LogP contribution in [0.1, 0.15) is 17.4 Å². The van der Waals surface area contributed by atoms with Gasteiger partial charge in [0, 0.05) is 32.4 Å². The van der Waals surface area contributed by atoms with E-state index in [0.717, 1.165) is 10.2 Å². The van der Waals surface area contributed by atoms with Crippen molar-refractivity contribution < 1.29 is 9.59 Å². The molecule has 0 fully saturated rings. The zero-order chi connectivity index (χ0) is 16.9. The maximum absolute atomic E-state index is 12.3. The van der Waals surface area contributed by atoms with Crippen LogP contribution in [0.5, 0.6) is 0 Å². The van der Waals surface area contributed by atoms with Crippen LogP contribution in [0, 0.1) is 0 Å². The van der Waals surface area contributed by atoms with Gasteiger partial charge < -0.3 is 10.6 Å². The van der Waals surface area contributed by atoms with E-state index in [-0.39, 0.29) is 17.5 Å². The summed E-state index contributed by atoms with van der Waals surface area (Å²) in [5.41, 5.74) is 1.54. The average molecular weight is 341 g/mol. The molecule has 2 amide bonds. The molecule has 24 heavy (non-hydrogen) atoms. The maximum Gasteiger partial charge on any atom is 0.272 e. The summed E-state index contributed by atoms with van der Waals surface area (Å²) in [4.78, 5) is 36.1. The third-order valence-electron chi connectivity index (χ3n) is 3.19. The smallest absolute Gasteiger partial charge is 0.272 e. The normalized spacial score (nSPS) is 10.5. The molecule has 0 aliphatic rings. The Labute approximate surface area is 142 Å². The Bertz CT molecular complexity index is 860. The molecule has 2 aromatic heterocycles. The first-order chi connectivity index (χ1) is 11.6. The molecule has 8 heteroatoms. The minimum atomic E-state index is -0.345. The Balaban J connectivity index is 1.82. The van der Waals surface area contributed by atoms with Gasteiger partial charge in [0.1, 0.15) is 10.7 Å². The van der Waals surface area contributed by atoms with E-state index in [1.807, 2.05) is 24.3 Å². The fraction of sp³-hybridized carbons (Fsp3) is 0.188. The summed E-state index contributed by atoms with van der Waals surface area (Å²) >= 11 is 1.46. The lowest BCUT2D eigenvalue weighted by Crippen LogP contribution is -2.34. The molecule has 2 N–H and O–H groups in total. The molecule has 3 aromatic rings. The van der Waals surface area contributed by atoms with Gasteiger partial charge in [0.15, 0.2) is 5.69 Å². The fourth-order valence-corrected chi connectivity index (χ4v) is 3.10. The predicted octanol–water partition coefficient (Wildman–Crippen LogP) is 1.62. The van der Waals surface area contributed by atoms with Crippen molar-refractivity contribution in [1.82, 2.24) is 25.6 Å². The Kier molecular flexibility index (Phi) is 4.76. The van der Waals surface area contributed by atoms with Gasteiger partial charge in [0.05, 0.1) is 10.2 Å². The molecular weight excluding hydrogens is 326 g/mol. The highest BCUT2D eigenvalue weighted by molar-refractivity contribution is 7.21. The van der Waals surface area contributed by atoms with Gasteiger partial charge in [-0.25, -0.2) is 15.0 Å². The van der Waals surface area contributed by atoms with Gasteiger partial charge in [-0.2, -0.15) is 0 Å². The second kappa shape index (κ2) is 7.14. The lowest BCUT2D eigenvalue weighted by atomic mass is 10.3.